The topological polar surface area (TPSA) is 32.6 Å². The van der Waals surface area contributed by atoms with Gasteiger partial charge in [-0.3, -0.25) is 9.13 Å². The van der Waals surface area contributed by atoms with Crippen LogP contribution in [0.3, 0.4) is 0 Å². The van der Waals surface area contributed by atoms with Crippen LogP contribution in [0.5, 0.6) is 0 Å². The molecule has 0 radical (unpaired) electrons. The van der Waals surface area contributed by atoms with Crippen molar-refractivity contribution in [3.63, 3.8) is 0 Å². The standard InChI is InChI=1S/C59H37N5/c1-2-18-38(19-3-1)39-36-56(63-52-32-14-8-24-44(52)46-26-16-34-54(58(46)63)61-48-28-10-4-20-40(48)41-21-5-11-29-49(41)61)60-57(37-39)64-53-33-15-9-25-45(53)47-27-17-35-55(59(47)64)62-50-30-12-6-22-42(50)43-23-7-13-31-51(43)62/h1-37H. The van der Waals surface area contributed by atoms with Crippen molar-refractivity contribution >= 4 is 87.2 Å². The number of nitrogens with zero attached hydrogens (tertiary/aromatic N) is 5. The van der Waals surface area contributed by atoms with Crippen LogP contribution in [0.15, 0.2) is 224 Å². The number of para-hydroxylation sites is 8. The molecule has 0 N–H and O–H groups in total. The Hall–Kier alpha value is -8.67. The van der Waals surface area contributed by atoms with Gasteiger partial charge in [0.05, 0.1) is 55.5 Å². The first-order valence-corrected chi connectivity index (χ1v) is 21.9. The molecule has 64 heavy (non-hydrogen) atoms. The van der Waals surface area contributed by atoms with E-state index < -0.39 is 0 Å². The van der Waals surface area contributed by atoms with Gasteiger partial charge in [0, 0.05) is 43.1 Å². The summed E-state index contributed by atoms with van der Waals surface area (Å²) in [5, 5.41) is 9.63. The molecule has 5 nitrogen and oxygen atoms in total. The summed E-state index contributed by atoms with van der Waals surface area (Å²) in [5.41, 5.74) is 13.5. The first-order valence-electron chi connectivity index (χ1n) is 21.9. The fourth-order valence-electron chi connectivity index (χ4n) is 10.7. The number of pyridine rings is 1. The van der Waals surface area contributed by atoms with Crippen LogP contribution in [-0.4, -0.2) is 23.3 Å². The van der Waals surface area contributed by atoms with Crippen molar-refractivity contribution in [2.75, 3.05) is 0 Å². The fourth-order valence-corrected chi connectivity index (χ4v) is 10.7. The van der Waals surface area contributed by atoms with Gasteiger partial charge >= 0.3 is 0 Å². The predicted molar refractivity (Wildman–Crippen MR) is 267 cm³/mol. The van der Waals surface area contributed by atoms with Crippen molar-refractivity contribution in [2.24, 2.45) is 0 Å². The van der Waals surface area contributed by atoms with E-state index in [2.05, 4.69) is 243 Å². The Morgan fingerprint density at radius 1 is 0.234 bits per heavy atom. The quantitative estimate of drug-likeness (QED) is 0.170. The van der Waals surface area contributed by atoms with E-state index in [0.717, 1.165) is 56.2 Å². The molecule has 0 aliphatic carbocycles. The summed E-state index contributed by atoms with van der Waals surface area (Å²) in [7, 11) is 0. The van der Waals surface area contributed by atoms with Gasteiger partial charge < -0.3 is 9.13 Å². The lowest BCUT2D eigenvalue weighted by molar-refractivity contribution is 1.01. The molecule has 14 rings (SSSR count). The number of rotatable bonds is 5. The molecule has 0 bridgehead atoms. The summed E-state index contributed by atoms with van der Waals surface area (Å²) in [6, 6.07) is 81.3. The van der Waals surface area contributed by atoms with Crippen molar-refractivity contribution in [3.8, 4) is 34.1 Å². The minimum absolute atomic E-state index is 0.844. The SMILES string of the molecule is c1ccc(-c2cc(-n3c4ccccc4c4cccc(-n5c6ccccc6c6ccccc65)c43)nc(-n3c4ccccc4c4cccc(-n5c6ccccc6c6ccccc65)c43)c2)cc1. The van der Waals surface area contributed by atoms with Crippen molar-refractivity contribution < 1.29 is 0 Å². The van der Waals surface area contributed by atoms with Gasteiger partial charge in [-0.2, -0.15) is 0 Å². The Morgan fingerprint density at radius 3 is 0.906 bits per heavy atom. The van der Waals surface area contributed by atoms with E-state index in [9.17, 15) is 0 Å². The summed E-state index contributed by atoms with van der Waals surface area (Å²) < 4.78 is 9.69. The minimum atomic E-state index is 0.844. The average Bonchev–Trinajstić information content (AvgIpc) is 4.10. The maximum absolute atomic E-state index is 5.85. The second kappa shape index (κ2) is 13.4. The molecular weight excluding hydrogens is 779 g/mol. The van der Waals surface area contributed by atoms with E-state index >= 15 is 0 Å². The van der Waals surface area contributed by atoms with Crippen LogP contribution in [0.2, 0.25) is 0 Å². The van der Waals surface area contributed by atoms with Gasteiger partial charge in [0.15, 0.2) is 0 Å². The number of aromatic nitrogens is 5. The van der Waals surface area contributed by atoms with Gasteiger partial charge in [-0.25, -0.2) is 4.98 Å². The zero-order valence-electron chi connectivity index (χ0n) is 34.6. The average molecular weight is 816 g/mol. The summed E-state index contributed by atoms with van der Waals surface area (Å²) in [6.45, 7) is 0. The van der Waals surface area contributed by atoms with Crippen molar-refractivity contribution in [2.45, 2.75) is 0 Å². The Labute approximate surface area is 367 Å². The van der Waals surface area contributed by atoms with E-state index in [1.54, 1.807) is 0 Å². The van der Waals surface area contributed by atoms with Crippen LogP contribution < -0.4 is 0 Å². The highest BCUT2D eigenvalue weighted by Crippen LogP contribution is 2.43. The van der Waals surface area contributed by atoms with E-state index in [1.807, 2.05) is 0 Å². The maximum Gasteiger partial charge on any atom is 0.140 e. The molecule has 5 heterocycles. The summed E-state index contributed by atoms with van der Waals surface area (Å²) in [5.74, 6) is 1.69. The first kappa shape index (κ1) is 35.0. The van der Waals surface area contributed by atoms with Crippen molar-refractivity contribution in [3.05, 3.63) is 224 Å². The van der Waals surface area contributed by atoms with E-state index in [1.165, 1.54) is 65.2 Å². The fraction of sp³-hybridized carbons (Fsp3) is 0. The smallest absolute Gasteiger partial charge is 0.140 e. The second-order valence-corrected chi connectivity index (χ2v) is 16.7. The van der Waals surface area contributed by atoms with Crippen LogP contribution in [0.25, 0.3) is 121 Å². The predicted octanol–water partition coefficient (Wildman–Crippen LogP) is 15.1. The minimum Gasteiger partial charge on any atom is -0.307 e. The molecule has 0 unspecified atom stereocenters. The third-order valence-corrected chi connectivity index (χ3v) is 13.4. The summed E-state index contributed by atoms with van der Waals surface area (Å²) >= 11 is 0. The van der Waals surface area contributed by atoms with Gasteiger partial charge in [0.25, 0.3) is 0 Å². The van der Waals surface area contributed by atoms with Crippen LogP contribution in [0.4, 0.5) is 0 Å². The monoisotopic (exact) mass is 815 g/mol. The van der Waals surface area contributed by atoms with Gasteiger partial charge in [-0.15, -0.1) is 0 Å². The van der Waals surface area contributed by atoms with Crippen LogP contribution in [0, 0.1) is 0 Å². The summed E-state index contributed by atoms with van der Waals surface area (Å²) in [4.78, 5) is 5.85. The lowest BCUT2D eigenvalue weighted by atomic mass is 10.1. The first-order chi connectivity index (χ1) is 31.8. The molecule has 0 saturated carbocycles. The largest absolute Gasteiger partial charge is 0.307 e. The molecule has 0 spiro atoms. The Balaban J connectivity index is 1.13. The molecule has 0 aliphatic heterocycles. The Bertz CT molecular complexity index is 3840. The maximum atomic E-state index is 5.85. The lowest BCUT2D eigenvalue weighted by Crippen LogP contribution is -2.07. The Kier molecular flexibility index (Phi) is 7.33. The number of hydrogen-bond donors (Lipinski definition) is 0. The van der Waals surface area contributed by atoms with Crippen LogP contribution in [0.1, 0.15) is 0 Å². The summed E-state index contributed by atoms with van der Waals surface area (Å²) in [6.07, 6.45) is 0. The third kappa shape index (κ3) is 4.86. The number of hydrogen-bond acceptors (Lipinski definition) is 1. The van der Waals surface area contributed by atoms with Gasteiger partial charge in [-0.05, 0) is 71.8 Å². The second-order valence-electron chi connectivity index (χ2n) is 16.7. The molecule has 5 aromatic heterocycles. The molecule has 0 fully saturated rings. The molecule has 0 aliphatic rings. The van der Waals surface area contributed by atoms with Gasteiger partial charge in [-0.1, -0.05) is 164 Å². The highest BCUT2D eigenvalue weighted by atomic mass is 15.2. The van der Waals surface area contributed by atoms with Crippen LogP contribution >= 0.6 is 0 Å². The molecule has 5 heteroatoms. The highest BCUT2D eigenvalue weighted by Gasteiger charge is 2.24. The van der Waals surface area contributed by atoms with Crippen LogP contribution in [-0.2, 0) is 0 Å². The number of benzene rings is 9. The normalized spacial score (nSPS) is 12.1. The molecule has 0 amide bonds. The van der Waals surface area contributed by atoms with E-state index in [-0.39, 0.29) is 0 Å². The van der Waals surface area contributed by atoms with E-state index in [0.29, 0.717) is 0 Å². The molecule has 0 atom stereocenters. The highest BCUT2D eigenvalue weighted by molar-refractivity contribution is 6.17. The Morgan fingerprint density at radius 2 is 0.531 bits per heavy atom. The molecule has 9 aromatic carbocycles. The van der Waals surface area contributed by atoms with Gasteiger partial charge in [0.1, 0.15) is 11.6 Å². The molecule has 0 saturated heterocycles. The zero-order valence-corrected chi connectivity index (χ0v) is 34.6. The third-order valence-electron chi connectivity index (χ3n) is 13.4. The lowest BCUT2D eigenvalue weighted by Gasteiger charge is -2.18. The van der Waals surface area contributed by atoms with Crippen molar-refractivity contribution in [1.29, 1.82) is 0 Å². The number of fused-ring (bicyclic) bond motifs is 12. The molecular formula is C59H37N5. The van der Waals surface area contributed by atoms with E-state index in [4.69, 9.17) is 4.98 Å². The van der Waals surface area contributed by atoms with Crippen molar-refractivity contribution in [1.82, 2.24) is 23.3 Å². The molecule has 14 aromatic rings. The zero-order chi connectivity index (χ0) is 41.9. The van der Waals surface area contributed by atoms with Gasteiger partial charge in [0.2, 0.25) is 0 Å². The molecule has 298 valence electrons.